The minimum absolute atomic E-state index is 0.0552. The van der Waals surface area contributed by atoms with Crippen molar-refractivity contribution in [3.8, 4) is 0 Å². The quantitative estimate of drug-likeness (QED) is 0.486. The molecule has 1 rings (SSSR count). The fourth-order valence-electron chi connectivity index (χ4n) is 0.903. The molecule has 0 spiro atoms. The Bertz CT molecular complexity index is 310. The molecule has 2 N–H and O–H groups in total. The molecular formula is C9H10INO. The van der Waals surface area contributed by atoms with E-state index in [0.29, 0.717) is 11.3 Å². The largest absolute Gasteiger partial charge is 0.398 e. The summed E-state index contributed by atoms with van der Waals surface area (Å²) in [7, 11) is 0. The number of hydrogen-bond acceptors (Lipinski definition) is 2. The molecule has 12 heavy (non-hydrogen) atoms. The van der Waals surface area contributed by atoms with Crippen LogP contribution in [-0.2, 0) is 0 Å². The summed E-state index contributed by atoms with van der Waals surface area (Å²) in [5.74, 6) is 0.0552. The molecular weight excluding hydrogens is 265 g/mol. The van der Waals surface area contributed by atoms with Crippen LogP contribution in [0, 0.1) is 10.5 Å². The highest BCUT2D eigenvalue weighted by atomic mass is 127. The molecule has 64 valence electrons. The molecule has 1 aromatic carbocycles. The highest BCUT2D eigenvalue weighted by molar-refractivity contribution is 14.1. The predicted molar refractivity (Wildman–Crippen MR) is 58.3 cm³/mol. The van der Waals surface area contributed by atoms with Gasteiger partial charge in [0.05, 0.1) is 0 Å². The highest BCUT2D eigenvalue weighted by Crippen LogP contribution is 2.20. The van der Waals surface area contributed by atoms with E-state index in [1.54, 1.807) is 13.0 Å². The second-order valence-electron chi connectivity index (χ2n) is 2.73. The minimum Gasteiger partial charge on any atom is -0.398 e. The molecule has 0 amide bonds. The van der Waals surface area contributed by atoms with Crippen LogP contribution in [0.15, 0.2) is 12.1 Å². The van der Waals surface area contributed by atoms with Crippen LogP contribution < -0.4 is 5.73 Å². The van der Waals surface area contributed by atoms with Crippen molar-refractivity contribution in [2.75, 3.05) is 5.73 Å². The van der Waals surface area contributed by atoms with E-state index < -0.39 is 0 Å². The van der Waals surface area contributed by atoms with Gasteiger partial charge in [-0.15, -0.1) is 0 Å². The van der Waals surface area contributed by atoms with Gasteiger partial charge in [0.15, 0.2) is 5.78 Å². The Morgan fingerprint density at radius 2 is 2.08 bits per heavy atom. The zero-order chi connectivity index (χ0) is 9.30. The maximum Gasteiger partial charge on any atom is 0.159 e. The van der Waals surface area contributed by atoms with Gasteiger partial charge < -0.3 is 5.73 Å². The Morgan fingerprint density at radius 1 is 1.50 bits per heavy atom. The van der Waals surface area contributed by atoms with Gasteiger partial charge in [0, 0.05) is 14.8 Å². The van der Waals surface area contributed by atoms with Crippen molar-refractivity contribution in [3.05, 3.63) is 26.8 Å². The molecule has 2 nitrogen and oxygen atoms in total. The molecule has 3 heteroatoms. The molecule has 1 aromatic rings. The zero-order valence-electron chi connectivity index (χ0n) is 7.02. The van der Waals surface area contributed by atoms with E-state index in [0.717, 1.165) is 9.13 Å². The van der Waals surface area contributed by atoms with E-state index in [1.165, 1.54) is 0 Å². The first-order valence-corrected chi connectivity index (χ1v) is 4.67. The maximum atomic E-state index is 11.0. The van der Waals surface area contributed by atoms with Crippen LogP contribution in [0.3, 0.4) is 0 Å². The summed E-state index contributed by atoms with van der Waals surface area (Å²) in [6, 6.07) is 3.58. The molecule has 0 aliphatic carbocycles. The summed E-state index contributed by atoms with van der Waals surface area (Å²) >= 11 is 2.18. The van der Waals surface area contributed by atoms with Crippen LogP contribution in [0.1, 0.15) is 22.8 Å². The lowest BCUT2D eigenvalue weighted by Crippen LogP contribution is -1.98. The molecule has 0 heterocycles. The summed E-state index contributed by atoms with van der Waals surface area (Å²) in [5.41, 5.74) is 8.11. The summed E-state index contributed by atoms with van der Waals surface area (Å²) in [4.78, 5) is 11.0. The van der Waals surface area contributed by atoms with E-state index in [1.807, 2.05) is 13.0 Å². The molecule has 0 unspecified atom stereocenters. The Labute approximate surface area is 85.3 Å². The van der Waals surface area contributed by atoms with Gasteiger partial charge >= 0.3 is 0 Å². The monoisotopic (exact) mass is 275 g/mol. The smallest absolute Gasteiger partial charge is 0.159 e. The molecule has 0 aromatic heterocycles. The van der Waals surface area contributed by atoms with Gasteiger partial charge in [-0.05, 0) is 54.1 Å². The van der Waals surface area contributed by atoms with E-state index >= 15 is 0 Å². The fourth-order valence-corrected chi connectivity index (χ4v) is 1.55. The second-order valence-corrected chi connectivity index (χ2v) is 3.89. The number of hydrogen-bond donors (Lipinski definition) is 1. The molecule has 0 fully saturated rings. The molecule has 0 atom stereocenters. The number of Topliss-reactive ketones (excluding diaryl/α,β-unsaturated/α-hetero) is 1. The number of ketones is 1. The van der Waals surface area contributed by atoms with Crippen molar-refractivity contribution in [2.24, 2.45) is 0 Å². The maximum absolute atomic E-state index is 11.0. The summed E-state index contributed by atoms with van der Waals surface area (Å²) in [6.45, 7) is 3.49. The van der Waals surface area contributed by atoms with Gasteiger partial charge in [0.25, 0.3) is 0 Å². The van der Waals surface area contributed by atoms with Gasteiger partial charge in [-0.25, -0.2) is 0 Å². The number of rotatable bonds is 1. The minimum atomic E-state index is 0.0552. The van der Waals surface area contributed by atoms with Crippen molar-refractivity contribution in [3.63, 3.8) is 0 Å². The lowest BCUT2D eigenvalue weighted by molar-refractivity contribution is 0.101. The van der Waals surface area contributed by atoms with Crippen LogP contribution in [0.2, 0.25) is 0 Å². The van der Waals surface area contributed by atoms with E-state index in [2.05, 4.69) is 22.6 Å². The number of carbonyl (C=O) groups is 1. The van der Waals surface area contributed by atoms with E-state index in [9.17, 15) is 4.79 Å². The van der Waals surface area contributed by atoms with Crippen LogP contribution in [-0.4, -0.2) is 5.78 Å². The van der Waals surface area contributed by atoms with Gasteiger partial charge in [-0.3, -0.25) is 4.79 Å². The lowest BCUT2D eigenvalue weighted by Gasteiger charge is -2.04. The first-order chi connectivity index (χ1) is 5.52. The Morgan fingerprint density at radius 3 is 2.50 bits per heavy atom. The van der Waals surface area contributed by atoms with Crippen molar-refractivity contribution in [1.29, 1.82) is 0 Å². The van der Waals surface area contributed by atoms with Gasteiger partial charge in [-0.2, -0.15) is 0 Å². The summed E-state index contributed by atoms with van der Waals surface area (Å²) < 4.78 is 1.04. The van der Waals surface area contributed by atoms with Gasteiger partial charge in [0.1, 0.15) is 0 Å². The molecule has 0 saturated carbocycles. The third kappa shape index (κ3) is 1.77. The van der Waals surface area contributed by atoms with Gasteiger partial charge in [0.2, 0.25) is 0 Å². The third-order valence-corrected chi connectivity index (χ3v) is 2.91. The van der Waals surface area contributed by atoms with Crippen LogP contribution >= 0.6 is 22.6 Å². The van der Waals surface area contributed by atoms with Crippen LogP contribution in [0.25, 0.3) is 0 Å². The summed E-state index contributed by atoms with van der Waals surface area (Å²) in [5, 5.41) is 0. The van der Waals surface area contributed by atoms with E-state index in [-0.39, 0.29) is 5.78 Å². The lowest BCUT2D eigenvalue weighted by atomic mass is 10.1. The van der Waals surface area contributed by atoms with Crippen molar-refractivity contribution in [2.45, 2.75) is 13.8 Å². The Balaban J connectivity index is 3.31. The normalized spacial score (nSPS) is 9.92. The topological polar surface area (TPSA) is 43.1 Å². The molecule has 0 radical (unpaired) electrons. The first-order valence-electron chi connectivity index (χ1n) is 3.59. The number of nitrogen functional groups attached to an aromatic ring is 1. The average Bonchev–Trinajstić information content (AvgIpc) is 1.99. The summed E-state index contributed by atoms with van der Waals surface area (Å²) in [6.07, 6.45) is 0. The molecule has 0 aliphatic heterocycles. The number of anilines is 1. The standard InChI is InChI=1S/C9H10INO/c1-5-8(10)3-7(6(2)12)4-9(5)11/h3-4H,11H2,1-2H3. The molecule has 0 bridgehead atoms. The highest BCUT2D eigenvalue weighted by Gasteiger charge is 2.05. The number of benzene rings is 1. The Hall–Kier alpha value is -0.580. The van der Waals surface area contributed by atoms with Crippen LogP contribution in [0.4, 0.5) is 5.69 Å². The van der Waals surface area contributed by atoms with Crippen molar-refractivity contribution < 1.29 is 4.79 Å². The van der Waals surface area contributed by atoms with E-state index in [4.69, 9.17) is 5.73 Å². The van der Waals surface area contributed by atoms with Crippen molar-refractivity contribution >= 4 is 34.1 Å². The SMILES string of the molecule is CC(=O)c1cc(N)c(C)c(I)c1. The third-order valence-electron chi connectivity index (χ3n) is 1.79. The molecule has 0 aliphatic rings. The fraction of sp³-hybridized carbons (Fsp3) is 0.222. The number of carbonyl (C=O) groups excluding carboxylic acids is 1. The zero-order valence-corrected chi connectivity index (χ0v) is 9.18. The predicted octanol–water partition coefficient (Wildman–Crippen LogP) is 2.38. The number of halogens is 1. The van der Waals surface area contributed by atoms with Gasteiger partial charge in [-0.1, -0.05) is 0 Å². The molecule has 0 saturated heterocycles. The second kappa shape index (κ2) is 3.43. The average molecular weight is 275 g/mol. The number of nitrogens with two attached hydrogens (primary N) is 1. The van der Waals surface area contributed by atoms with Crippen LogP contribution in [0.5, 0.6) is 0 Å². The first kappa shape index (κ1) is 9.51. The Kier molecular flexibility index (Phi) is 2.72. The van der Waals surface area contributed by atoms with Crippen molar-refractivity contribution in [1.82, 2.24) is 0 Å².